The third-order valence-electron chi connectivity index (χ3n) is 3.44. The van der Waals surface area contributed by atoms with Crippen LogP contribution < -0.4 is 5.73 Å². The Morgan fingerprint density at radius 1 is 1.28 bits per heavy atom. The van der Waals surface area contributed by atoms with Crippen molar-refractivity contribution in [2.45, 2.75) is 46.6 Å². The smallest absolute Gasteiger partial charge is 0.118 e. The minimum Gasteiger partial charge on any atom is -0.465 e. The Balaban J connectivity index is 2.23. The van der Waals surface area contributed by atoms with Gasteiger partial charge in [-0.15, -0.1) is 0 Å². The molecule has 2 N–H and O–H groups in total. The molecule has 3 nitrogen and oxygen atoms in total. The monoisotopic (exact) mass is 252 g/mol. The summed E-state index contributed by atoms with van der Waals surface area (Å²) in [6.45, 7) is 9.37. The van der Waals surface area contributed by atoms with Gasteiger partial charge in [0.2, 0.25) is 0 Å². The fraction of sp³-hybridized carbons (Fsp3) is 0.733. The molecule has 104 valence electrons. The number of furan rings is 1. The number of rotatable bonds is 8. The van der Waals surface area contributed by atoms with Crippen molar-refractivity contribution >= 4 is 0 Å². The van der Waals surface area contributed by atoms with Crippen molar-refractivity contribution in [2.24, 2.45) is 11.1 Å². The quantitative estimate of drug-likeness (QED) is 0.772. The van der Waals surface area contributed by atoms with E-state index in [2.05, 4.69) is 31.9 Å². The Kier molecular flexibility index (Phi) is 5.89. The van der Waals surface area contributed by atoms with Crippen molar-refractivity contribution in [1.29, 1.82) is 0 Å². The van der Waals surface area contributed by atoms with E-state index in [-0.39, 0.29) is 0 Å². The minimum atomic E-state index is 0.372. The Labute approximate surface area is 111 Å². The molecule has 0 aliphatic rings. The molecule has 0 unspecified atom stereocenters. The second-order valence-corrected chi connectivity index (χ2v) is 6.06. The molecule has 0 amide bonds. The van der Waals surface area contributed by atoms with Crippen molar-refractivity contribution in [3.05, 3.63) is 23.7 Å². The van der Waals surface area contributed by atoms with Crippen LogP contribution in [-0.2, 0) is 6.54 Å². The van der Waals surface area contributed by atoms with Crippen LogP contribution in [0.3, 0.4) is 0 Å². The lowest BCUT2D eigenvalue weighted by molar-refractivity contribution is 0.247. The number of hydrogen-bond donors (Lipinski definition) is 1. The second-order valence-electron chi connectivity index (χ2n) is 6.06. The van der Waals surface area contributed by atoms with E-state index in [4.69, 9.17) is 10.2 Å². The molecule has 0 fully saturated rings. The van der Waals surface area contributed by atoms with Crippen LogP contribution in [0.4, 0.5) is 0 Å². The largest absolute Gasteiger partial charge is 0.465 e. The first-order valence-electron chi connectivity index (χ1n) is 6.87. The summed E-state index contributed by atoms with van der Waals surface area (Å²) in [5.74, 6) is 2.04. The van der Waals surface area contributed by atoms with E-state index in [0.29, 0.717) is 5.41 Å². The van der Waals surface area contributed by atoms with Crippen LogP contribution in [0, 0.1) is 12.3 Å². The van der Waals surface area contributed by atoms with Gasteiger partial charge in [0.05, 0.1) is 6.54 Å². The molecule has 1 aromatic rings. The first kappa shape index (κ1) is 15.3. The van der Waals surface area contributed by atoms with Gasteiger partial charge in [-0.3, -0.25) is 4.90 Å². The van der Waals surface area contributed by atoms with Crippen LogP contribution in [0.15, 0.2) is 16.5 Å². The lowest BCUT2D eigenvalue weighted by Crippen LogP contribution is -2.22. The summed E-state index contributed by atoms with van der Waals surface area (Å²) in [5, 5.41) is 0. The SMILES string of the molecule is Cc1ccc(CN(C)CCCC(C)(C)CCN)o1. The van der Waals surface area contributed by atoms with Crippen LogP contribution in [0.25, 0.3) is 0 Å². The first-order valence-corrected chi connectivity index (χ1v) is 6.87. The maximum Gasteiger partial charge on any atom is 0.118 e. The topological polar surface area (TPSA) is 42.4 Å². The fourth-order valence-electron chi connectivity index (χ4n) is 2.26. The summed E-state index contributed by atoms with van der Waals surface area (Å²) in [6.07, 6.45) is 3.54. The van der Waals surface area contributed by atoms with Gasteiger partial charge in [0, 0.05) is 0 Å². The summed E-state index contributed by atoms with van der Waals surface area (Å²) in [7, 11) is 2.15. The van der Waals surface area contributed by atoms with Crippen LogP contribution in [0.1, 0.15) is 44.6 Å². The third kappa shape index (κ3) is 5.69. The lowest BCUT2D eigenvalue weighted by atomic mass is 9.84. The molecule has 0 spiro atoms. The molecule has 0 radical (unpaired) electrons. The molecule has 1 heterocycles. The summed E-state index contributed by atoms with van der Waals surface area (Å²) >= 11 is 0. The number of nitrogens with zero attached hydrogens (tertiary/aromatic N) is 1. The van der Waals surface area contributed by atoms with Gasteiger partial charge in [-0.1, -0.05) is 13.8 Å². The molecule has 18 heavy (non-hydrogen) atoms. The van der Waals surface area contributed by atoms with E-state index >= 15 is 0 Å². The average molecular weight is 252 g/mol. The van der Waals surface area contributed by atoms with E-state index in [9.17, 15) is 0 Å². The molecule has 0 aliphatic carbocycles. The molecule has 0 atom stereocenters. The molecule has 1 aromatic heterocycles. The summed E-state index contributed by atoms with van der Waals surface area (Å²) in [5.41, 5.74) is 6.00. The van der Waals surface area contributed by atoms with Crippen molar-refractivity contribution in [3.63, 3.8) is 0 Å². The van der Waals surface area contributed by atoms with Gasteiger partial charge in [-0.25, -0.2) is 0 Å². The number of hydrogen-bond acceptors (Lipinski definition) is 3. The summed E-state index contributed by atoms with van der Waals surface area (Å²) in [6, 6.07) is 4.08. The van der Waals surface area contributed by atoms with Crippen molar-refractivity contribution in [3.8, 4) is 0 Å². The molecule has 0 aliphatic heterocycles. The second kappa shape index (κ2) is 6.95. The lowest BCUT2D eigenvalue weighted by Gasteiger charge is -2.25. The zero-order valence-electron chi connectivity index (χ0n) is 12.3. The predicted octanol–water partition coefficient (Wildman–Crippen LogP) is 3.18. The van der Waals surface area contributed by atoms with Crippen molar-refractivity contribution < 1.29 is 4.42 Å². The van der Waals surface area contributed by atoms with E-state index in [1.807, 2.05) is 13.0 Å². The van der Waals surface area contributed by atoms with Gasteiger partial charge in [-0.2, -0.15) is 0 Å². The number of nitrogens with two attached hydrogens (primary N) is 1. The van der Waals surface area contributed by atoms with Gasteiger partial charge >= 0.3 is 0 Å². The zero-order chi connectivity index (χ0) is 13.6. The van der Waals surface area contributed by atoms with Crippen molar-refractivity contribution in [2.75, 3.05) is 20.1 Å². The minimum absolute atomic E-state index is 0.372. The molecule has 1 rings (SSSR count). The Morgan fingerprint density at radius 3 is 2.56 bits per heavy atom. The molecule has 0 bridgehead atoms. The number of aryl methyl sites for hydroxylation is 1. The molecule has 0 saturated heterocycles. The fourth-order valence-corrected chi connectivity index (χ4v) is 2.26. The summed E-state index contributed by atoms with van der Waals surface area (Å²) in [4.78, 5) is 2.32. The highest BCUT2D eigenvalue weighted by molar-refractivity contribution is 5.05. The molecule has 0 saturated carbocycles. The van der Waals surface area contributed by atoms with Gasteiger partial charge < -0.3 is 10.2 Å². The maximum atomic E-state index is 5.63. The highest BCUT2D eigenvalue weighted by Crippen LogP contribution is 2.25. The first-order chi connectivity index (χ1) is 8.43. The molecular weight excluding hydrogens is 224 g/mol. The van der Waals surface area contributed by atoms with Gasteiger partial charge in [0.1, 0.15) is 11.5 Å². The van der Waals surface area contributed by atoms with Crippen LogP contribution in [0.2, 0.25) is 0 Å². The van der Waals surface area contributed by atoms with E-state index < -0.39 is 0 Å². The summed E-state index contributed by atoms with van der Waals surface area (Å²) < 4.78 is 5.58. The molecule has 3 heteroatoms. The van der Waals surface area contributed by atoms with Gasteiger partial charge in [0.15, 0.2) is 0 Å². The van der Waals surface area contributed by atoms with Crippen LogP contribution >= 0.6 is 0 Å². The predicted molar refractivity (Wildman–Crippen MR) is 76.5 cm³/mol. The van der Waals surface area contributed by atoms with E-state index in [1.54, 1.807) is 0 Å². The average Bonchev–Trinajstić information content (AvgIpc) is 2.63. The van der Waals surface area contributed by atoms with E-state index in [1.165, 1.54) is 12.8 Å². The van der Waals surface area contributed by atoms with Crippen LogP contribution in [-0.4, -0.2) is 25.0 Å². The Hall–Kier alpha value is -0.800. The maximum absolute atomic E-state index is 5.63. The van der Waals surface area contributed by atoms with Gasteiger partial charge in [-0.05, 0) is 63.9 Å². The third-order valence-corrected chi connectivity index (χ3v) is 3.44. The standard InChI is InChI=1S/C15H28N2O/c1-13-6-7-14(18-13)12-17(4)11-5-8-15(2,3)9-10-16/h6-7H,5,8-12,16H2,1-4H3. The van der Waals surface area contributed by atoms with E-state index in [0.717, 1.165) is 37.6 Å². The zero-order valence-corrected chi connectivity index (χ0v) is 12.3. The van der Waals surface area contributed by atoms with Crippen LogP contribution in [0.5, 0.6) is 0 Å². The highest BCUT2D eigenvalue weighted by Gasteiger charge is 2.16. The Bertz CT molecular complexity index is 344. The van der Waals surface area contributed by atoms with Gasteiger partial charge in [0.25, 0.3) is 0 Å². The molecule has 0 aromatic carbocycles. The molecular formula is C15H28N2O. The highest BCUT2D eigenvalue weighted by atomic mass is 16.3. The Morgan fingerprint density at radius 2 is 2.00 bits per heavy atom. The normalized spacial score (nSPS) is 12.3. The van der Waals surface area contributed by atoms with Crippen molar-refractivity contribution in [1.82, 2.24) is 4.90 Å².